The molecule has 0 aliphatic rings. The number of hydrogen-bond donors (Lipinski definition) is 2. The number of rotatable bonds is 5. The zero-order valence-electron chi connectivity index (χ0n) is 14.4. The van der Waals surface area contributed by atoms with E-state index >= 15 is 0 Å². The highest BCUT2D eigenvalue weighted by Gasteiger charge is 2.15. The second kappa shape index (κ2) is 8.00. The lowest BCUT2D eigenvalue weighted by Gasteiger charge is -2.16. The summed E-state index contributed by atoms with van der Waals surface area (Å²) in [5, 5.41) is 12.6. The molecule has 0 saturated carbocycles. The molecule has 130 valence electrons. The van der Waals surface area contributed by atoms with Crippen LogP contribution in [0, 0.1) is 25.2 Å². The maximum Gasteiger partial charge on any atom is 0.266 e. The highest BCUT2D eigenvalue weighted by Crippen LogP contribution is 2.22. The third kappa shape index (κ3) is 4.28. The average molecular weight is 358 g/mol. The first-order valence-corrected chi connectivity index (χ1v) is 8.39. The van der Waals surface area contributed by atoms with Crippen LogP contribution in [0.2, 0.25) is 5.02 Å². The Morgan fingerprint density at radius 2 is 2.04 bits per heavy atom. The van der Waals surface area contributed by atoms with Gasteiger partial charge in [0.15, 0.2) is 0 Å². The zero-order valence-corrected chi connectivity index (χ0v) is 15.2. The topological polar surface area (TPSA) is 85.8 Å². The summed E-state index contributed by atoms with van der Waals surface area (Å²) in [6, 6.07) is 9.10. The summed E-state index contributed by atoms with van der Waals surface area (Å²) in [5.74, 6) is -0.115. The smallest absolute Gasteiger partial charge is 0.266 e. The molecule has 1 aromatic heterocycles. The summed E-state index contributed by atoms with van der Waals surface area (Å²) in [6.45, 7) is 5.39. The Labute approximate surface area is 151 Å². The normalized spacial score (nSPS) is 11.6. The number of nitriles is 1. The number of hydrogen-bond acceptors (Lipinski definition) is 3. The van der Waals surface area contributed by atoms with E-state index in [9.17, 15) is 9.59 Å². The molecule has 0 bridgehead atoms. The van der Waals surface area contributed by atoms with E-state index < -0.39 is 5.56 Å². The summed E-state index contributed by atoms with van der Waals surface area (Å²) in [5.41, 5.74) is 2.73. The van der Waals surface area contributed by atoms with Gasteiger partial charge in [0, 0.05) is 17.1 Å². The second-order valence-corrected chi connectivity index (χ2v) is 6.39. The van der Waals surface area contributed by atoms with Crippen molar-refractivity contribution < 1.29 is 4.79 Å². The fraction of sp³-hybridized carbons (Fsp3) is 0.316. The van der Waals surface area contributed by atoms with E-state index in [0.717, 1.165) is 11.1 Å². The molecule has 1 heterocycles. The number of H-pyrrole nitrogens is 1. The minimum Gasteiger partial charge on any atom is -0.350 e. The van der Waals surface area contributed by atoms with Crippen LogP contribution in [-0.4, -0.2) is 10.9 Å². The van der Waals surface area contributed by atoms with Crippen LogP contribution in [-0.2, 0) is 11.2 Å². The molecular weight excluding hydrogens is 338 g/mol. The van der Waals surface area contributed by atoms with Gasteiger partial charge < -0.3 is 10.3 Å². The molecule has 25 heavy (non-hydrogen) atoms. The van der Waals surface area contributed by atoms with Crippen molar-refractivity contribution in [3.63, 3.8) is 0 Å². The van der Waals surface area contributed by atoms with Crippen LogP contribution in [0.3, 0.4) is 0 Å². The summed E-state index contributed by atoms with van der Waals surface area (Å²) in [6.07, 6.45) is 0.706. The van der Waals surface area contributed by atoms with Gasteiger partial charge >= 0.3 is 0 Å². The number of amides is 1. The first kappa shape index (κ1) is 18.8. The Bertz CT molecular complexity index is 897. The first-order valence-electron chi connectivity index (χ1n) is 8.01. The van der Waals surface area contributed by atoms with E-state index in [2.05, 4.69) is 10.3 Å². The minimum atomic E-state index is -0.391. The number of nitrogens with one attached hydrogen (secondary N) is 2. The molecule has 6 heteroatoms. The Balaban J connectivity index is 2.07. The lowest BCUT2D eigenvalue weighted by Crippen LogP contribution is -2.27. The molecule has 5 nitrogen and oxygen atoms in total. The maximum absolute atomic E-state index is 12.3. The first-order chi connectivity index (χ1) is 11.8. The summed E-state index contributed by atoms with van der Waals surface area (Å²) < 4.78 is 0. The van der Waals surface area contributed by atoms with E-state index in [-0.39, 0.29) is 23.9 Å². The molecule has 1 atom stereocenters. The summed E-state index contributed by atoms with van der Waals surface area (Å²) >= 11 is 6.15. The number of benzene rings is 1. The van der Waals surface area contributed by atoms with Gasteiger partial charge in [-0.15, -0.1) is 0 Å². The van der Waals surface area contributed by atoms with Crippen LogP contribution in [0.5, 0.6) is 0 Å². The van der Waals surface area contributed by atoms with E-state index in [4.69, 9.17) is 16.9 Å². The molecule has 0 spiro atoms. The Morgan fingerprint density at radius 3 is 2.68 bits per heavy atom. The van der Waals surface area contributed by atoms with Gasteiger partial charge in [0.05, 0.1) is 6.04 Å². The van der Waals surface area contributed by atoms with Gasteiger partial charge in [0.1, 0.15) is 11.6 Å². The van der Waals surface area contributed by atoms with Crippen molar-refractivity contribution in [1.82, 2.24) is 10.3 Å². The molecule has 0 fully saturated rings. The van der Waals surface area contributed by atoms with E-state index in [0.29, 0.717) is 22.7 Å². The standard InChI is InChI=1S/C19H20ClN3O2/c1-11-14(12(2)23-19(25)16(11)10-21)8-9-18(24)22-13(3)15-6-4-5-7-17(15)20/h4-7,13H,8-9H2,1-3H3,(H,22,24)(H,23,25)/t13-/m1/s1. The van der Waals surface area contributed by atoms with Gasteiger partial charge in [0.25, 0.3) is 5.56 Å². The number of aromatic amines is 1. The fourth-order valence-electron chi connectivity index (χ4n) is 2.88. The number of halogens is 1. The lowest BCUT2D eigenvalue weighted by molar-refractivity contribution is -0.121. The van der Waals surface area contributed by atoms with Crippen LogP contribution in [0.1, 0.15) is 47.3 Å². The number of carbonyl (C=O) groups is 1. The molecule has 0 aliphatic heterocycles. The predicted molar refractivity (Wildman–Crippen MR) is 97.6 cm³/mol. The largest absolute Gasteiger partial charge is 0.350 e. The Morgan fingerprint density at radius 1 is 1.36 bits per heavy atom. The average Bonchev–Trinajstić information content (AvgIpc) is 2.55. The molecule has 2 N–H and O–H groups in total. The van der Waals surface area contributed by atoms with Crippen LogP contribution in [0.25, 0.3) is 0 Å². The SMILES string of the molecule is Cc1[nH]c(=O)c(C#N)c(C)c1CCC(=O)N[C@H](C)c1ccccc1Cl. The van der Waals surface area contributed by atoms with Crippen molar-refractivity contribution in [2.24, 2.45) is 0 Å². The second-order valence-electron chi connectivity index (χ2n) is 5.98. The van der Waals surface area contributed by atoms with Crippen LogP contribution in [0.15, 0.2) is 29.1 Å². The monoisotopic (exact) mass is 357 g/mol. The number of aromatic nitrogens is 1. The van der Waals surface area contributed by atoms with Gasteiger partial charge in [-0.05, 0) is 49.9 Å². The molecule has 1 amide bonds. The van der Waals surface area contributed by atoms with E-state index in [1.165, 1.54) is 0 Å². The van der Waals surface area contributed by atoms with Crippen LogP contribution in [0.4, 0.5) is 0 Å². The van der Waals surface area contributed by atoms with Crippen molar-refractivity contribution in [2.45, 2.75) is 39.7 Å². The molecule has 0 saturated heterocycles. The van der Waals surface area contributed by atoms with Gasteiger partial charge in [-0.1, -0.05) is 29.8 Å². The van der Waals surface area contributed by atoms with Crippen molar-refractivity contribution in [3.8, 4) is 6.07 Å². The number of carbonyl (C=O) groups excluding carboxylic acids is 1. The molecule has 0 radical (unpaired) electrons. The Kier molecular flexibility index (Phi) is 6.00. The zero-order chi connectivity index (χ0) is 18.6. The van der Waals surface area contributed by atoms with E-state index in [1.807, 2.05) is 31.2 Å². The van der Waals surface area contributed by atoms with Crippen LogP contribution >= 0.6 is 11.6 Å². The maximum atomic E-state index is 12.3. The van der Waals surface area contributed by atoms with Crippen LogP contribution < -0.4 is 10.9 Å². The van der Waals surface area contributed by atoms with Crippen molar-refractivity contribution in [2.75, 3.05) is 0 Å². The number of nitrogens with zero attached hydrogens (tertiary/aromatic N) is 1. The highest BCUT2D eigenvalue weighted by molar-refractivity contribution is 6.31. The lowest BCUT2D eigenvalue weighted by atomic mass is 9.99. The molecule has 2 rings (SSSR count). The molecule has 1 aromatic carbocycles. The van der Waals surface area contributed by atoms with Gasteiger partial charge in [-0.2, -0.15) is 5.26 Å². The third-order valence-electron chi connectivity index (χ3n) is 4.27. The van der Waals surface area contributed by atoms with Crippen molar-refractivity contribution >= 4 is 17.5 Å². The van der Waals surface area contributed by atoms with Gasteiger partial charge in [0.2, 0.25) is 5.91 Å². The van der Waals surface area contributed by atoms with Gasteiger partial charge in [-0.3, -0.25) is 9.59 Å². The summed E-state index contributed by atoms with van der Waals surface area (Å²) in [4.78, 5) is 26.7. The summed E-state index contributed by atoms with van der Waals surface area (Å²) in [7, 11) is 0. The molecule has 2 aromatic rings. The Hall–Kier alpha value is -2.58. The molecule has 0 unspecified atom stereocenters. The number of aryl methyl sites for hydroxylation is 1. The quantitative estimate of drug-likeness (QED) is 0.860. The molecule has 0 aliphatic carbocycles. The van der Waals surface area contributed by atoms with Gasteiger partial charge in [-0.25, -0.2) is 0 Å². The molecular formula is C19H20ClN3O2. The van der Waals surface area contributed by atoms with Crippen molar-refractivity contribution in [3.05, 3.63) is 67.6 Å². The van der Waals surface area contributed by atoms with Crippen molar-refractivity contribution in [1.29, 1.82) is 5.26 Å². The predicted octanol–water partition coefficient (Wildman–Crippen LogP) is 3.33. The minimum absolute atomic E-state index is 0.102. The highest BCUT2D eigenvalue weighted by atomic mass is 35.5. The third-order valence-corrected chi connectivity index (χ3v) is 4.62. The number of pyridine rings is 1. The van der Waals surface area contributed by atoms with E-state index in [1.54, 1.807) is 19.9 Å². The fourth-order valence-corrected chi connectivity index (χ4v) is 3.18.